The topological polar surface area (TPSA) is 114 Å². The summed E-state index contributed by atoms with van der Waals surface area (Å²) < 4.78 is 28.3. The first-order valence-corrected chi connectivity index (χ1v) is 10.2. The zero-order chi connectivity index (χ0) is 22.4. The quantitative estimate of drug-likeness (QED) is 0.308. The summed E-state index contributed by atoms with van der Waals surface area (Å²) in [5.74, 6) is -2.51. The van der Waals surface area contributed by atoms with Crippen molar-refractivity contribution in [1.82, 2.24) is 0 Å². The van der Waals surface area contributed by atoms with E-state index in [0.29, 0.717) is 5.56 Å². The minimum absolute atomic E-state index is 0.251. The normalized spacial score (nSPS) is 25.7. The molecule has 1 aromatic carbocycles. The second-order valence-corrected chi connectivity index (χ2v) is 7.92. The third kappa shape index (κ3) is 6.66. The van der Waals surface area contributed by atoms with E-state index in [1.165, 1.54) is 27.7 Å². The van der Waals surface area contributed by atoms with Gasteiger partial charge >= 0.3 is 23.9 Å². The molecule has 9 nitrogen and oxygen atoms in total. The van der Waals surface area contributed by atoms with Gasteiger partial charge in [0, 0.05) is 31.3 Å². The third-order valence-corrected chi connectivity index (χ3v) is 4.91. The molecule has 0 aromatic heterocycles. The molecule has 10 heteroatoms. The summed E-state index contributed by atoms with van der Waals surface area (Å²) in [6.07, 6.45) is -5.24. The Morgan fingerprint density at radius 2 is 1.30 bits per heavy atom. The summed E-state index contributed by atoms with van der Waals surface area (Å²) in [6.45, 7) is 4.55. The molecule has 30 heavy (non-hydrogen) atoms. The zero-order valence-electron chi connectivity index (χ0n) is 17.0. The molecule has 1 fully saturated rings. The highest BCUT2D eigenvalue weighted by Crippen LogP contribution is 2.37. The van der Waals surface area contributed by atoms with Gasteiger partial charge in [0.15, 0.2) is 18.3 Å². The summed E-state index contributed by atoms with van der Waals surface area (Å²) in [5, 5.41) is 0. The van der Waals surface area contributed by atoms with E-state index in [-0.39, 0.29) is 6.61 Å². The van der Waals surface area contributed by atoms with Crippen LogP contribution in [0, 0.1) is 3.57 Å². The van der Waals surface area contributed by atoms with E-state index in [2.05, 4.69) is 22.6 Å². The third-order valence-electron chi connectivity index (χ3n) is 4.19. The molecule has 1 saturated heterocycles. The smallest absolute Gasteiger partial charge is 0.303 e. The Bertz CT molecular complexity index is 792. The van der Waals surface area contributed by atoms with E-state index in [1.807, 2.05) is 12.1 Å². The van der Waals surface area contributed by atoms with E-state index in [4.69, 9.17) is 23.7 Å². The number of benzene rings is 1. The molecule has 1 aromatic rings. The first-order valence-electron chi connectivity index (χ1n) is 9.14. The van der Waals surface area contributed by atoms with Crippen LogP contribution in [-0.4, -0.2) is 54.9 Å². The van der Waals surface area contributed by atoms with E-state index >= 15 is 0 Å². The minimum atomic E-state index is -1.17. The Kier molecular flexibility index (Phi) is 8.59. The van der Waals surface area contributed by atoms with Gasteiger partial charge in [-0.1, -0.05) is 12.1 Å². The van der Waals surface area contributed by atoms with Crippen LogP contribution in [0.1, 0.15) is 39.4 Å². The highest BCUT2D eigenvalue weighted by atomic mass is 127. The summed E-state index contributed by atoms with van der Waals surface area (Å²) in [6, 6.07) is 7.24. The number of hydrogen-bond donors (Lipinski definition) is 0. The van der Waals surface area contributed by atoms with Crippen molar-refractivity contribution >= 4 is 46.5 Å². The molecular formula is C20H23IO9. The van der Waals surface area contributed by atoms with Crippen LogP contribution in [0.15, 0.2) is 24.3 Å². The van der Waals surface area contributed by atoms with Gasteiger partial charge in [0.05, 0.1) is 0 Å². The molecule has 0 unspecified atom stereocenters. The van der Waals surface area contributed by atoms with Crippen molar-refractivity contribution in [1.29, 1.82) is 0 Å². The Balaban J connectivity index is 2.51. The molecule has 0 spiro atoms. The lowest BCUT2D eigenvalue weighted by Crippen LogP contribution is -2.59. The summed E-state index contributed by atoms with van der Waals surface area (Å²) in [7, 11) is 0. The monoisotopic (exact) mass is 534 g/mol. The van der Waals surface area contributed by atoms with Crippen LogP contribution in [-0.2, 0) is 42.9 Å². The first-order chi connectivity index (χ1) is 14.1. The number of esters is 4. The van der Waals surface area contributed by atoms with E-state index in [0.717, 1.165) is 3.57 Å². The lowest BCUT2D eigenvalue weighted by molar-refractivity contribution is -0.254. The van der Waals surface area contributed by atoms with Crippen LogP contribution < -0.4 is 0 Å². The van der Waals surface area contributed by atoms with Crippen molar-refractivity contribution < 1.29 is 42.9 Å². The van der Waals surface area contributed by atoms with Crippen LogP contribution in [0.25, 0.3) is 0 Å². The predicted octanol–water partition coefficient (Wildman–Crippen LogP) is 2.09. The fourth-order valence-corrected chi connectivity index (χ4v) is 3.51. The highest BCUT2D eigenvalue weighted by molar-refractivity contribution is 14.1. The van der Waals surface area contributed by atoms with E-state index in [1.54, 1.807) is 12.1 Å². The summed E-state index contributed by atoms with van der Waals surface area (Å²) >= 11 is 2.14. The van der Waals surface area contributed by atoms with Crippen LogP contribution >= 0.6 is 22.6 Å². The minimum Gasteiger partial charge on any atom is -0.463 e. The van der Waals surface area contributed by atoms with Gasteiger partial charge in [-0.3, -0.25) is 19.2 Å². The lowest BCUT2D eigenvalue weighted by Gasteiger charge is -2.44. The molecule has 1 heterocycles. The molecule has 5 atom stereocenters. The van der Waals surface area contributed by atoms with Gasteiger partial charge in [0.25, 0.3) is 0 Å². The van der Waals surface area contributed by atoms with Crippen molar-refractivity contribution in [2.45, 2.75) is 58.2 Å². The maximum atomic E-state index is 11.8. The molecule has 0 amide bonds. The maximum Gasteiger partial charge on any atom is 0.303 e. The van der Waals surface area contributed by atoms with Crippen molar-refractivity contribution in [2.24, 2.45) is 0 Å². The number of halogens is 1. The molecule has 1 aliphatic heterocycles. The van der Waals surface area contributed by atoms with Crippen molar-refractivity contribution in [3.05, 3.63) is 33.4 Å². The number of carbonyl (C=O) groups excluding carboxylic acids is 4. The molecular weight excluding hydrogens is 511 g/mol. The second kappa shape index (κ2) is 10.7. The van der Waals surface area contributed by atoms with Gasteiger partial charge in [-0.05, 0) is 40.3 Å². The Morgan fingerprint density at radius 1 is 0.800 bits per heavy atom. The van der Waals surface area contributed by atoms with Gasteiger partial charge in [-0.2, -0.15) is 0 Å². The maximum absolute atomic E-state index is 11.8. The fraction of sp³-hybridized carbons (Fsp3) is 0.500. The zero-order valence-corrected chi connectivity index (χ0v) is 19.1. The van der Waals surface area contributed by atoms with Gasteiger partial charge in [-0.25, -0.2) is 0 Å². The largest absolute Gasteiger partial charge is 0.463 e. The van der Waals surface area contributed by atoms with Crippen molar-refractivity contribution in [3.8, 4) is 0 Å². The van der Waals surface area contributed by atoms with Crippen LogP contribution in [0.4, 0.5) is 0 Å². The van der Waals surface area contributed by atoms with Crippen LogP contribution in [0.5, 0.6) is 0 Å². The molecule has 0 saturated carbocycles. The number of hydrogen-bond acceptors (Lipinski definition) is 9. The number of rotatable bonds is 6. The molecule has 0 bridgehead atoms. The molecule has 0 radical (unpaired) electrons. The number of carbonyl (C=O) groups is 4. The molecule has 0 N–H and O–H groups in total. The number of ether oxygens (including phenoxy) is 5. The van der Waals surface area contributed by atoms with E-state index in [9.17, 15) is 19.2 Å². The molecule has 0 aliphatic carbocycles. The van der Waals surface area contributed by atoms with Gasteiger partial charge in [0.1, 0.15) is 18.8 Å². The Hall–Kier alpha value is -2.21. The lowest BCUT2D eigenvalue weighted by atomic mass is 9.90. The average Bonchev–Trinajstić information content (AvgIpc) is 2.63. The molecule has 2 rings (SSSR count). The standard InChI is InChI=1S/C20H23IO9/c1-10(22)26-9-16-18(27-11(2)23)20(29-13(4)25)19(28-12(3)24)17(30-16)14-5-7-15(21)8-6-14/h5-8,16-20H,9H2,1-4H3/t16-,17+,18-,19+,20+/m1/s1. The predicted molar refractivity (Wildman–Crippen MR) is 110 cm³/mol. The summed E-state index contributed by atoms with van der Waals surface area (Å²) in [4.78, 5) is 46.7. The van der Waals surface area contributed by atoms with Crippen LogP contribution in [0.2, 0.25) is 0 Å². The second-order valence-electron chi connectivity index (χ2n) is 6.67. The highest BCUT2D eigenvalue weighted by Gasteiger charge is 2.52. The van der Waals surface area contributed by atoms with Crippen molar-refractivity contribution in [3.63, 3.8) is 0 Å². The van der Waals surface area contributed by atoms with Gasteiger partial charge in [-0.15, -0.1) is 0 Å². The molecule has 1 aliphatic rings. The summed E-state index contributed by atoms with van der Waals surface area (Å²) in [5.41, 5.74) is 0.646. The SMILES string of the molecule is CC(=O)OC[C@H]1O[C@@H](c2ccc(I)cc2)[C@H](OC(C)=O)[C@@H](OC(C)=O)[C@@H]1OC(C)=O. The van der Waals surface area contributed by atoms with Gasteiger partial charge in [0.2, 0.25) is 0 Å². The van der Waals surface area contributed by atoms with Crippen LogP contribution in [0.3, 0.4) is 0 Å². The molecule has 164 valence electrons. The Labute approximate surface area is 187 Å². The Morgan fingerprint density at radius 3 is 1.80 bits per heavy atom. The van der Waals surface area contributed by atoms with E-state index < -0.39 is 54.4 Å². The van der Waals surface area contributed by atoms with Crippen molar-refractivity contribution in [2.75, 3.05) is 6.61 Å². The average molecular weight is 534 g/mol. The van der Waals surface area contributed by atoms with Gasteiger partial charge < -0.3 is 23.7 Å². The fourth-order valence-electron chi connectivity index (χ4n) is 3.15. The first kappa shape index (κ1) is 24.1.